The average molecular weight is 385 g/mol. The molecular weight excluding hydrogens is 352 g/mol. The zero-order chi connectivity index (χ0) is 20.1. The fraction of sp³-hybridized carbons (Fsp3) is 0.435. The molecule has 0 aliphatic carbocycles. The van der Waals surface area contributed by atoms with Gasteiger partial charge in [-0.3, -0.25) is 4.79 Å². The predicted octanol–water partition coefficient (Wildman–Crippen LogP) is 6.19. The summed E-state index contributed by atoms with van der Waals surface area (Å²) in [4.78, 5) is 14.9. The summed E-state index contributed by atoms with van der Waals surface area (Å²) in [5, 5.41) is 3.08. The lowest BCUT2D eigenvalue weighted by molar-refractivity contribution is 0.0962. The second kappa shape index (κ2) is 9.23. The van der Waals surface area contributed by atoms with Crippen molar-refractivity contribution in [3.8, 4) is 5.69 Å². The van der Waals surface area contributed by atoms with E-state index in [4.69, 9.17) is 0 Å². The molecule has 2 aromatic heterocycles. The fourth-order valence-corrected chi connectivity index (χ4v) is 4.21. The zero-order valence-corrected chi connectivity index (χ0v) is 18.5. The van der Waals surface area contributed by atoms with E-state index in [1.807, 2.05) is 0 Å². The number of rotatable bonds is 7. The number of nitrogens with zero attached hydrogens (tertiary/aromatic N) is 1. The minimum Gasteiger partial charge on any atom is -0.348 e. The standard InChI is InChI=1S/C23H32N2OS/c1-15(2)9-8-10-16(3)13-14-24-23(26)22-21(19(6)20(7)27-22)25-17(4)11-12-18(25)5/h9,11-13H,8,10,14H2,1-7H3,(H,24,26)/b16-13+. The Kier molecular flexibility index (Phi) is 7.25. The number of thiophene rings is 1. The van der Waals surface area contributed by atoms with Crippen molar-refractivity contribution in [1.29, 1.82) is 0 Å². The molecule has 0 radical (unpaired) electrons. The quantitative estimate of drug-likeness (QED) is 0.567. The van der Waals surface area contributed by atoms with Crippen LogP contribution < -0.4 is 5.32 Å². The van der Waals surface area contributed by atoms with Gasteiger partial charge in [0.2, 0.25) is 0 Å². The number of aryl methyl sites for hydroxylation is 3. The molecule has 0 saturated heterocycles. The van der Waals surface area contributed by atoms with Gasteiger partial charge in [-0.2, -0.15) is 0 Å². The highest BCUT2D eigenvalue weighted by atomic mass is 32.1. The van der Waals surface area contributed by atoms with Crippen LogP contribution in [-0.4, -0.2) is 17.0 Å². The lowest BCUT2D eigenvalue weighted by Gasteiger charge is -2.12. The summed E-state index contributed by atoms with van der Waals surface area (Å²) in [6, 6.07) is 4.20. The number of nitrogens with one attached hydrogen (secondary N) is 1. The maximum Gasteiger partial charge on any atom is 0.263 e. The van der Waals surface area contributed by atoms with Crippen LogP contribution in [0.15, 0.2) is 35.4 Å². The molecule has 146 valence electrons. The Morgan fingerprint density at radius 3 is 2.30 bits per heavy atom. The van der Waals surface area contributed by atoms with Crippen molar-refractivity contribution >= 4 is 17.2 Å². The number of amides is 1. The molecule has 3 nitrogen and oxygen atoms in total. The molecule has 2 rings (SSSR count). The maximum absolute atomic E-state index is 12.9. The number of allylic oxidation sites excluding steroid dienone is 3. The second-order valence-electron chi connectivity index (χ2n) is 7.49. The van der Waals surface area contributed by atoms with Crippen molar-refractivity contribution in [2.75, 3.05) is 6.54 Å². The molecule has 0 saturated carbocycles. The summed E-state index contributed by atoms with van der Waals surface area (Å²) >= 11 is 1.58. The van der Waals surface area contributed by atoms with E-state index < -0.39 is 0 Å². The smallest absolute Gasteiger partial charge is 0.263 e. The molecular formula is C23H32N2OS. The van der Waals surface area contributed by atoms with Gasteiger partial charge in [-0.05, 0) is 79.0 Å². The molecule has 0 bridgehead atoms. The first kappa shape index (κ1) is 21.2. The predicted molar refractivity (Wildman–Crippen MR) is 117 cm³/mol. The van der Waals surface area contributed by atoms with Gasteiger partial charge in [-0.25, -0.2) is 0 Å². The van der Waals surface area contributed by atoms with Crippen LogP contribution in [-0.2, 0) is 0 Å². The molecule has 1 amide bonds. The Balaban J connectivity index is 2.14. The van der Waals surface area contributed by atoms with E-state index in [-0.39, 0.29) is 5.91 Å². The van der Waals surface area contributed by atoms with Crippen molar-refractivity contribution in [2.24, 2.45) is 0 Å². The minimum atomic E-state index is 0.00653. The highest BCUT2D eigenvalue weighted by Crippen LogP contribution is 2.32. The van der Waals surface area contributed by atoms with E-state index in [2.05, 4.69) is 82.6 Å². The molecule has 27 heavy (non-hydrogen) atoms. The van der Waals surface area contributed by atoms with Gasteiger partial charge in [-0.1, -0.05) is 23.3 Å². The Morgan fingerprint density at radius 1 is 1.07 bits per heavy atom. The zero-order valence-electron chi connectivity index (χ0n) is 17.7. The van der Waals surface area contributed by atoms with Gasteiger partial charge in [0.15, 0.2) is 0 Å². The highest BCUT2D eigenvalue weighted by molar-refractivity contribution is 7.14. The van der Waals surface area contributed by atoms with E-state index in [0.29, 0.717) is 6.54 Å². The topological polar surface area (TPSA) is 34.0 Å². The molecule has 0 atom stereocenters. The summed E-state index contributed by atoms with van der Waals surface area (Å²) in [6.45, 7) is 15.3. The third kappa shape index (κ3) is 5.23. The third-order valence-corrected chi connectivity index (χ3v) is 6.05. The third-order valence-electron chi connectivity index (χ3n) is 4.86. The first-order valence-corrected chi connectivity index (χ1v) is 10.4. The first-order chi connectivity index (χ1) is 12.7. The molecule has 0 unspecified atom stereocenters. The lowest BCUT2D eigenvalue weighted by Crippen LogP contribution is -2.24. The minimum absolute atomic E-state index is 0.00653. The molecule has 0 spiro atoms. The van der Waals surface area contributed by atoms with Gasteiger partial charge in [0.25, 0.3) is 5.91 Å². The van der Waals surface area contributed by atoms with E-state index in [1.165, 1.54) is 21.6 Å². The molecule has 4 heteroatoms. The molecule has 0 aromatic carbocycles. The average Bonchev–Trinajstić information content (AvgIpc) is 3.06. The lowest BCUT2D eigenvalue weighted by atomic mass is 10.1. The SMILES string of the molecule is CC(C)=CCC/C(C)=C/CNC(=O)c1sc(C)c(C)c1-n1c(C)ccc1C. The van der Waals surface area contributed by atoms with Crippen molar-refractivity contribution in [3.63, 3.8) is 0 Å². The van der Waals surface area contributed by atoms with Gasteiger partial charge in [0.1, 0.15) is 4.88 Å². The Labute approximate surface area is 167 Å². The Hall–Kier alpha value is -2.07. The van der Waals surface area contributed by atoms with Crippen LogP contribution in [0.3, 0.4) is 0 Å². The van der Waals surface area contributed by atoms with Gasteiger partial charge >= 0.3 is 0 Å². The number of aromatic nitrogens is 1. The van der Waals surface area contributed by atoms with Crippen molar-refractivity contribution in [3.05, 3.63) is 62.1 Å². The largest absolute Gasteiger partial charge is 0.348 e. The fourth-order valence-electron chi connectivity index (χ4n) is 3.15. The molecule has 2 aromatic rings. The normalized spacial score (nSPS) is 11.6. The van der Waals surface area contributed by atoms with Crippen LogP contribution in [0.1, 0.15) is 65.1 Å². The summed E-state index contributed by atoms with van der Waals surface area (Å²) in [7, 11) is 0. The maximum atomic E-state index is 12.9. The monoisotopic (exact) mass is 384 g/mol. The highest BCUT2D eigenvalue weighted by Gasteiger charge is 2.21. The van der Waals surface area contributed by atoms with Crippen LogP contribution in [0.25, 0.3) is 5.69 Å². The van der Waals surface area contributed by atoms with E-state index >= 15 is 0 Å². The summed E-state index contributed by atoms with van der Waals surface area (Å²) in [5.74, 6) is 0.00653. The van der Waals surface area contributed by atoms with Crippen molar-refractivity contribution < 1.29 is 4.79 Å². The number of carbonyl (C=O) groups is 1. The summed E-state index contributed by atoms with van der Waals surface area (Å²) < 4.78 is 2.19. The van der Waals surface area contributed by atoms with Gasteiger partial charge in [-0.15, -0.1) is 11.3 Å². The van der Waals surface area contributed by atoms with E-state index in [1.54, 1.807) is 11.3 Å². The van der Waals surface area contributed by atoms with Crippen LogP contribution in [0.5, 0.6) is 0 Å². The molecule has 0 aliphatic rings. The number of hydrogen-bond donors (Lipinski definition) is 1. The summed E-state index contributed by atoms with van der Waals surface area (Å²) in [5.41, 5.74) is 7.17. The molecule has 2 heterocycles. The number of carbonyl (C=O) groups excluding carboxylic acids is 1. The van der Waals surface area contributed by atoms with Gasteiger partial charge < -0.3 is 9.88 Å². The van der Waals surface area contributed by atoms with E-state index in [0.717, 1.165) is 34.8 Å². The van der Waals surface area contributed by atoms with Crippen molar-refractivity contribution in [2.45, 2.75) is 61.3 Å². The molecule has 0 fully saturated rings. The molecule has 1 N–H and O–H groups in total. The van der Waals surface area contributed by atoms with E-state index in [9.17, 15) is 4.79 Å². The van der Waals surface area contributed by atoms with Gasteiger partial charge in [0, 0.05) is 22.8 Å². The Bertz CT molecular complexity index is 857. The van der Waals surface area contributed by atoms with Crippen LogP contribution in [0.4, 0.5) is 0 Å². The Morgan fingerprint density at radius 2 is 1.70 bits per heavy atom. The van der Waals surface area contributed by atoms with Crippen LogP contribution in [0, 0.1) is 27.7 Å². The molecule has 0 aliphatic heterocycles. The number of hydrogen-bond acceptors (Lipinski definition) is 2. The summed E-state index contributed by atoms with van der Waals surface area (Å²) in [6.07, 6.45) is 6.46. The second-order valence-corrected chi connectivity index (χ2v) is 8.72. The van der Waals surface area contributed by atoms with Gasteiger partial charge in [0.05, 0.1) is 5.69 Å². The van der Waals surface area contributed by atoms with Crippen LogP contribution >= 0.6 is 11.3 Å². The van der Waals surface area contributed by atoms with Crippen LogP contribution in [0.2, 0.25) is 0 Å². The first-order valence-electron chi connectivity index (χ1n) is 9.54. The van der Waals surface area contributed by atoms with Crippen molar-refractivity contribution in [1.82, 2.24) is 9.88 Å².